The molecule has 1 aliphatic heterocycles. The zero-order valence-electron chi connectivity index (χ0n) is 35.2. The minimum Gasteiger partial charge on any atom is -0.495 e. The minimum absolute atomic E-state index is 0.00753. The zero-order valence-corrected chi connectivity index (χ0v) is 37.0. The molecule has 3 aromatic rings. The average molecular weight is 870 g/mol. The van der Waals surface area contributed by atoms with E-state index in [2.05, 4.69) is 20.6 Å². The van der Waals surface area contributed by atoms with E-state index in [0.29, 0.717) is 43.0 Å². The van der Waals surface area contributed by atoms with Gasteiger partial charge in [0, 0.05) is 19.8 Å². The highest BCUT2D eigenvalue weighted by atomic mass is 31.2. The number of carbonyl (C=O) groups excluding carboxylic acids is 1. The van der Waals surface area contributed by atoms with Crippen molar-refractivity contribution in [2.75, 3.05) is 24.8 Å². The van der Waals surface area contributed by atoms with E-state index in [9.17, 15) is 36.9 Å². The Hall–Kier alpha value is -3.56. The van der Waals surface area contributed by atoms with E-state index in [0.717, 1.165) is 5.56 Å². The van der Waals surface area contributed by atoms with Gasteiger partial charge >= 0.3 is 21.6 Å². The largest absolute Gasteiger partial charge is 0.495 e. The quantitative estimate of drug-likeness (QED) is 0.112. The first-order valence-electron chi connectivity index (χ1n) is 19.6. The molecule has 0 saturated heterocycles. The lowest BCUT2D eigenvalue weighted by molar-refractivity contribution is -0.137. The Morgan fingerprint density at radius 2 is 1.49 bits per heavy atom. The van der Waals surface area contributed by atoms with Crippen LogP contribution in [0.2, 0.25) is 0 Å². The van der Waals surface area contributed by atoms with Gasteiger partial charge in [-0.15, -0.1) is 0 Å². The van der Waals surface area contributed by atoms with Crippen LogP contribution < -0.4 is 15.4 Å². The SMILES string of the molecule is CCC(CC)(c1ccc(Nc2ncc(C(F)(F)F)c(Nc3ccc(C4CCC(OP(=O)(OC(C)(C)C)OC(C)(C)C)CC4)c4c3C(=O)N(C)C4)n2)c(OC)c1)P(=O)(O)O. The van der Waals surface area contributed by atoms with Gasteiger partial charge in [-0.25, -0.2) is 9.55 Å². The van der Waals surface area contributed by atoms with Crippen molar-refractivity contribution < 1.29 is 55.2 Å². The van der Waals surface area contributed by atoms with Crippen LogP contribution in [0.15, 0.2) is 36.5 Å². The molecule has 1 aliphatic carbocycles. The second-order valence-corrected chi connectivity index (χ2v) is 20.5. The van der Waals surface area contributed by atoms with Gasteiger partial charge in [0.15, 0.2) is 0 Å². The first-order chi connectivity index (χ1) is 27.2. The lowest BCUT2D eigenvalue weighted by atomic mass is 9.80. The molecule has 5 rings (SSSR count). The number of methoxy groups -OCH3 is 1. The molecule has 2 aromatic carbocycles. The number of carbonyl (C=O) groups is 1. The van der Waals surface area contributed by atoms with Crippen LogP contribution in [0, 0.1) is 0 Å². The molecule has 1 aromatic heterocycles. The summed E-state index contributed by atoms with van der Waals surface area (Å²) in [5, 5.41) is 4.20. The third-order valence-electron chi connectivity index (χ3n) is 10.5. The lowest BCUT2D eigenvalue weighted by Crippen LogP contribution is -2.28. The van der Waals surface area contributed by atoms with Crippen LogP contribution in [0.3, 0.4) is 0 Å². The standard InChI is InChI=1S/C40H56F3N5O9P2/c1-11-39(12-2,58(50,51)52)25-15-19-30(32(21-25)54-10)46-36-44-22-29(40(41,42)43)34(47-36)45-31-20-18-27(28-23-48(9)35(49)33(28)31)24-13-16-26(17-14-24)55-59(53,56-37(3,4)5)57-38(6,7)8/h15,18-22,24,26H,11-14,16-17,23H2,1-10H3,(H2,50,51,52)(H2,44,45,46,47). The zero-order chi connectivity index (χ0) is 43.9. The number of fused-ring (bicyclic) bond motifs is 1. The molecule has 0 bridgehead atoms. The Labute approximate surface area is 343 Å². The maximum atomic E-state index is 14.4. The first kappa shape index (κ1) is 46.5. The van der Waals surface area contributed by atoms with Gasteiger partial charge in [-0.3, -0.25) is 22.9 Å². The second kappa shape index (κ2) is 17.1. The normalized spacial score (nSPS) is 18.2. The summed E-state index contributed by atoms with van der Waals surface area (Å²) in [6, 6.07) is 7.90. The molecule has 0 radical (unpaired) electrons. The predicted molar refractivity (Wildman–Crippen MR) is 219 cm³/mol. The van der Waals surface area contributed by atoms with Crippen molar-refractivity contribution in [1.29, 1.82) is 0 Å². The van der Waals surface area contributed by atoms with Crippen molar-refractivity contribution in [2.45, 2.75) is 135 Å². The Balaban J connectivity index is 1.43. The number of hydrogen-bond donors (Lipinski definition) is 4. The summed E-state index contributed by atoms with van der Waals surface area (Å²) in [5.74, 6) is -1.05. The smallest absolute Gasteiger partial charge is 0.476 e. The average Bonchev–Trinajstić information content (AvgIpc) is 3.40. The lowest BCUT2D eigenvalue weighted by Gasteiger charge is -2.35. The highest BCUT2D eigenvalue weighted by Gasteiger charge is 2.46. The van der Waals surface area contributed by atoms with Crippen molar-refractivity contribution in [3.8, 4) is 5.75 Å². The Morgan fingerprint density at radius 1 is 0.898 bits per heavy atom. The van der Waals surface area contributed by atoms with Crippen LogP contribution in [0.4, 0.5) is 36.3 Å². The molecule has 1 saturated carbocycles. The van der Waals surface area contributed by atoms with Gasteiger partial charge in [0.1, 0.15) is 17.1 Å². The number of phosphoric ester groups is 1. The molecule has 2 heterocycles. The summed E-state index contributed by atoms with van der Waals surface area (Å²) in [6.45, 7) is 14.2. The summed E-state index contributed by atoms with van der Waals surface area (Å²) in [5.41, 5.74) is -0.192. The maximum Gasteiger partial charge on any atom is 0.476 e. The van der Waals surface area contributed by atoms with Crippen LogP contribution in [-0.2, 0) is 40.6 Å². The number of hydrogen-bond acceptors (Lipinski definition) is 11. The maximum absolute atomic E-state index is 14.4. The number of aromatic nitrogens is 2. The fourth-order valence-corrected chi connectivity index (χ4v) is 11.1. The van der Waals surface area contributed by atoms with Crippen LogP contribution in [0.1, 0.15) is 132 Å². The van der Waals surface area contributed by atoms with Crippen molar-refractivity contribution in [1.82, 2.24) is 14.9 Å². The molecule has 2 aliphatic rings. The minimum atomic E-state index is -4.86. The number of ether oxygens (including phenoxy) is 1. The number of halogens is 3. The monoisotopic (exact) mass is 869 g/mol. The Bertz CT molecular complexity index is 2100. The summed E-state index contributed by atoms with van der Waals surface area (Å²) >= 11 is 0. The van der Waals surface area contributed by atoms with E-state index in [1.54, 1.807) is 68.5 Å². The molecule has 59 heavy (non-hydrogen) atoms. The molecule has 14 nitrogen and oxygen atoms in total. The number of nitrogens with one attached hydrogen (secondary N) is 2. The van der Waals surface area contributed by atoms with E-state index < -0.39 is 55.4 Å². The van der Waals surface area contributed by atoms with E-state index in [4.69, 9.17) is 18.3 Å². The molecule has 19 heteroatoms. The fraction of sp³-hybridized carbons (Fsp3) is 0.575. The van der Waals surface area contributed by atoms with Gasteiger partial charge in [-0.1, -0.05) is 26.0 Å². The van der Waals surface area contributed by atoms with Crippen molar-refractivity contribution in [3.63, 3.8) is 0 Å². The number of phosphoric acid groups is 1. The molecule has 0 spiro atoms. The van der Waals surface area contributed by atoms with Gasteiger partial charge in [0.05, 0.1) is 46.5 Å². The summed E-state index contributed by atoms with van der Waals surface area (Å²) in [4.78, 5) is 43.7. The molecule has 326 valence electrons. The molecule has 1 fully saturated rings. The van der Waals surface area contributed by atoms with Crippen LogP contribution in [0.25, 0.3) is 0 Å². The third kappa shape index (κ3) is 10.5. The highest BCUT2D eigenvalue weighted by Crippen LogP contribution is 2.62. The van der Waals surface area contributed by atoms with Crippen LogP contribution in [-0.4, -0.2) is 62.0 Å². The van der Waals surface area contributed by atoms with Crippen LogP contribution >= 0.6 is 15.4 Å². The van der Waals surface area contributed by atoms with Gasteiger partial charge < -0.3 is 30.1 Å². The number of anilines is 4. The van der Waals surface area contributed by atoms with E-state index in [-0.39, 0.29) is 59.8 Å². The molecule has 4 N–H and O–H groups in total. The highest BCUT2D eigenvalue weighted by molar-refractivity contribution is 7.53. The Kier molecular flexibility index (Phi) is 13.5. The second-order valence-electron chi connectivity index (χ2n) is 17.1. The molecule has 0 unspecified atom stereocenters. The van der Waals surface area contributed by atoms with Crippen LogP contribution in [0.5, 0.6) is 5.75 Å². The Morgan fingerprint density at radius 3 is 2.02 bits per heavy atom. The van der Waals surface area contributed by atoms with E-state index in [1.165, 1.54) is 30.2 Å². The summed E-state index contributed by atoms with van der Waals surface area (Å²) in [7, 11) is -5.58. The predicted octanol–water partition coefficient (Wildman–Crippen LogP) is 10.6. The third-order valence-corrected chi connectivity index (χ3v) is 14.6. The van der Waals surface area contributed by atoms with E-state index in [1.807, 2.05) is 6.07 Å². The molecular weight excluding hydrogens is 813 g/mol. The number of rotatable bonds is 14. The van der Waals surface area contributed by atoms with Crippen molar-refractivity contribution >= 4 is 44.5 Å². The molecular formula is C40H56F3N5O9P2. The summed E-state index contributed by atoms with van der Waals surface area (Å²) < 4.78 is 92.8. The van der Waals surface area contributed by atoms with Gasteiger partial charge in [0.2, 0.25) is 5.95 Å². The van der Waals surface area contributed by atoms with Crippen molar-refractivity contribution in [3.05, 3.63) is 64.3 Å². The van der Waals surface area contributed by atoms with Gasteiger partial charge in [-0.2, -0.15) is 18.2 Å². The molecule has 0 atom stereocenters. The van der Waals surface area contributed by atoms with Gasteiger partial charge in [0.25, 0.3) is 5.91 Å². The topological polar surface area (TPSA) is 182 Å². The fourth-order valence-electron chi connectivity index (χ4n) is 7.77. The van der Waals surface area contributed by atoms with Crippen molar-refractivity contribution in [2.24, 2.45) is 0 Å². The number of amides is 1. The first-order valence-corrected chi connectivity index (χ1v) is 22.6. The number of nitrogens with zero attached hydrogens (tertiary/aromatic N) is 3. The summed E-state index contributed by atoms with van der Waals surface area (Å²) in [6.07, 6.45) is -2.01. The van der Waals surface area contributed by atoms with E-state index >= 15 is 0 Å². The molecule has 1 amide bonds. The van der Waals surface area contributed by atoms with Gasteiger partial charge in [-0.05, 0) is 121 Å². The number of alkyl halides is 3. The number of benzene rings is 2.